The van der Waals surface area contributed by atoms with Gasteiger partial charge in [-0.25, -0.2) is 4.79 Å². The minimum atomic E-state index is -3.50. The van der Waals surface area contributed by atoms with Gasteiger partial charge in [0.2, 0.25) is 11.7 Å². The molecule has 10 nitrogen and oxygen atoms in total. The molecule has 160 valence electrons. The van der Waals surface area contributed by atoms with E-state index in [0.29, 0.717) is 10.9 Å². The Morgan fingerprint density at radius 2 is 2.03 bits per heavy atom. The zero-order valence-electron chi connectivity index (χ0n) is 16.4. The lowest BCUT2D eigenvalue weighted by molar-refractivity contribution is 0.0307. The summed E-state index contributed by atoms with van der Waals surface area (Å²) in [5.74, 6) is -4.52. The summed E-state index contributed by atoms with van der Waals surface area (Å²) in [6.07, 6.45) is 2.67. The molecule has 0 saturated heterocycles. The van der Waals surface area contributed by atoms with Crippen LogP contribution in [0.15, 0.2) is 64.8 Å². The Morgan fingerprint density at radius 3 is 2.81 bits per heavy atom. The van der Waals surface area contributed by atoms with Crippen molar-refractivity contribution in [3.05, 3.63) is 82.4 Å². The van der Waals surface area contributed by atoms with Crippen LogP contribution in [0.2, 0.25) is 0 Å². The zero-order valence-corrected chi connectivity index (χ0v) is 16.4. The van der Waals surface area contributed by atoms with Crippen molar-refractivity contribution in [3.63, 3.8) is 0 Å². The van der Waals surface area contributed by atoms with Crippen LogP contribution in [0.5, 0.6) is 5.88 Å². The first kappa shape index (κ1) is 19.5. The number of aromatic hydroxyl groups is 1. The van der Waals surface area contributed by atoms with Gasteiger partial charge in [-0.15, -0.1) is 10.2 Å². The predicted octanol–water partition coefficient (Wildman–Crippen LogP) is 2.28. The fourth-order valence-corrected chi connectivity index (χ4v) is 3.24. The fourth-order valence-electron chi connectivity index (χ4n) is 3.24. The summed E-state index contributed by atoms with van der Waals surface area (Å²) in [7, 11) is 0. The molecule has 0 amide bonds. The summed E-state index contributed by atoms with van der Waals surface area (Å²) in [5, 5.41) is 25.6. The van der Waals surface area contributed by atoms with Gasteiger partial charge in [0.05, 0.1) is 17.4 Å². The molecule has 5 aromatic rings. The first-order valence-corrected chi connectivity index (χ1v) is 9.35. The van der Waals surface area contributed by atoms with Crippen molar-refractivity contribution in [2.75, 3.05) is 0 Å². The lowest BCUT2D eigenvalue weighted by Crippen LogP contribution is -2.21. The quantitative estimate of drug-likeness (QED) is 0.416. The maximum absolute atomic E-state index is 15.4. The number of rotatable bonds is 4. The molecular weight excluding hydrogens is 422 g/mol. The lowest BCUT2D eigenvalue weighted by Gasteiger charge is -2.15. The highest BCUT2D eigenvalue weighted by Crippen LogP contribution is 2.35. The summed E-state index contributed by atoms with van der Waals surface area (Å²) in [6.45, 7) is 1.54. The third-order valence-corrected chi connectivity index (χ3v) is 4.83. The number of nitrogens with one attached hydrogen (secondary N) is 1. The molecule has 0 atom stereocenters. The highest BCUT2D eigenvalue weighted by molar-refractivity contribution is 5.96. The second kappa shape index (κ2) is 7.04. The minimum Gasteiger partial charge on any atom is -0.493 e. The molecule has 0 unspecified atom stereocenters. The Kier molecular flexibility index (Phi) is 4.29. The van der Waals surface area contributed by atoms with Gasteiger partial charge in [-0.2, -0.15) is 28.2 Å². The number of pyridine rings is 1. The largest absolute Gasteiger partial charge is 0.493 e. The molecule has 0 radical (unpaired) electrons. The number of hydrogen-bond acceptors (Lipinski definition) is 7. The second-order valence-corrected chi connectivity index (χ2v) is 6.97. The minimum absolute atomic E-state index is 0.120. The van der Waals surface area contributed by atoms with Crippen LogP contribution in [0.25, 0.3) is 16.6 Å². The van der Waals surface area contributed by atoms with Crippen molar-refractivity contribution in [2.24, 2.45) is 5.10 Å². The van der Waals surface area contributed by atoms with E-state index in [2.05, 4.69) is 30.4 Å². The molecule has 2 N–H and O–H groups in total. The van der Waals surface area contributed by atoms with Crippen molar-refractivity contribution in [1.82, 2.24) is 34.5 Å². The number of nitrogens with zero attached hydrogens (tertiary/aromatic N) is 7. The zero-order chi connectivity index (χ0) is 22.5. The van der Waals surface area contributed by atoms with Crippen molar-refractivity contribution in [3.8, 4) is 5.88 Å². The van der Waals surface area contributed by atoms with E-state index in [1.54, 1.807) is 25.3 Å². The number of halogens is 2. The topological polar surface area (TPSA) is 126 Å². The highest BCUT2D eigenvalue weighted by Gasteiger charge is 2.40. The van der Waals surface area contributed by atoms with Crippen molar-refractivity contribution in [1.29, 1.82) is 0 Å². The summed E-state index contributed by atoms with van der Waals surface area (Å²) < 4.78 is 32.7. The molecule has 0 aliphatic rings. The molecule has 4 heterocycles. The molecule has 0 spiro atoms. The molecule has 12 heteroatoms. The molecule has 1 aromatic carbocycles. The molecule has 0 fully saturated rings. The van der Waals surface area contributed by atoms with Gasteiger partial charge in [-0.3, -0.25) is 9.97 Å². The van der Waals surface area contributed by atoms with Crippen LogP contribution in [-0.2, 0) is 5.92 Å². The number of H-pyrrole nitrogens is 1. The SMILES string of the molecule is C/C(=N\n1cc(O)[nH]c1=O)c1ccc2nnc(C(F)(F)c3ccc4ncccc4c3)n2n1. The van der Waals surface area contributed by atoms with Gasteiger partial charge in [-0.1, -0.05) is 12.1 Å². The lowest BCUT2D eigenvalue weighted by atomic mass is 10.0. The predicted molar refractivity (Wildman–Crippen MR) is 110 cm³/mol. The van der Waals surface area contributed by atoms with Crippen LogP contribution in [0.3, 0.4) is 0 Å². The van der Waals surface area contributed by atoms with Crippen LogP contribution in [0.4, 0.5) is 8.78 Å². The van der Waals surface area contributed by atoms with Crippen LogP contribution in [0, 0.1) is 0 Å². The fraction of sp³-hybridized carbons (Fsp3) is 0.100. The van der Waals surface area contributed by atoms with Crippen LogP contribution < -0.4 is 5.69 Å². The number of hydrogen-bond donors (Lipinski definition) is 2. The van der Waals surface area contributed by atoms with E-state index in [9.17, 15) is 9.90 Å². The standard InChI is InChI=1S/C20H14F2N8O2/c1-11(27-29-10-17(31)24-19(29)32)14-6-7-16-25-26-18(30(16)28-14)20(21,22)13-4-5-15-12(9-13)3-2-8-23-15/h2-10,31H,1H3,(H,24,32)/b27-11+. The molecular formula is C20H14F2N8O2. The Balaban J connectivity index is 1.60. The number of benzene rings is 1. The second-order valence-electron chi connectivity index (χ2n) is 6.97. The van der Waals surface area contributed by atoms with Gasteiger partial charge < -0.3 is 5.11 Å². The van der Waals surface area contributed by atoms with Gasteiger partial charge in [-0.05, 0) is 37.3 Å². The monoisotopic (exact) mass is 436 g/mol. The molecule has 0 bridgehead atoms. The summed E-state index contributed by atoms with van der Waals surface area (Å²) in [5.41, 5.74) is 0.230. The average Bonchev–Trinajstić information content (AvgIpc) is 3.35. The van der Waals surface area contributed by atoms with Crippen molar-refractivity contribution in [2.45, 2.75) is 12.8 Å². The normalized spacial score (nSPS) is 12.7. The van der Waals surface area contributed by atoms with Gasteiger partial charge in [0, 0.05) is 17.1 Å². The first-order valence-electron chi connectivity index (χ1n) is 9.35. The summed E-state index contributed by atoms with van der Waals surface area (Å²) in [4.78, 5) is 18.0. The Bertz CT molecular complexity index is 1570. The van der Waals surface area contributed by atoms with Crippen molar-refractivity contribution < 1.29 is 13.9 Å². The Morgan fingerprint density at radius 1 is 1.19 bits per heavy atom. The van der Waals surface area contributed by atoms with E-state index in [-0.39, 0.29) is 28.5 Å². The summed E-state index contributed by atoms with van der Waals surface area (Å²) >= 11 is 0. The molecule has 5 rings (SSSR count). The smallest absolute Gasteiger partial charge is 0.349 e. The Hall–Kier alpha value is -4.48. The average molecular weight is 436 g/mol. The van der Waals surface area contributed by atoms with E-state index in [0.717, 1.165) is 15.4 Å². The van der Waals surface area contributed by atoms with E-state index in [1.807, 2.05) is 0 Å². The number of alkyl halides is 2. The molecule has 4 aromatic heterocycles. The number of fused-ring (bicyclic) bond motifs is 2. The first-order chi connectivity index (χ1) is 15.3. The van der Waals surface area contributed by atoms with E-state index in [4.69, 9.17) is 0 Å². The number of aromatic nitrogens is 7. The van der Waals surface area contributed by atoms with E-state index < -0.39 is 17.4 Å². The van der Waals surface area contributed by atoms with Crippen LogP contribution >= 0.6 is 0 Å². The highest BCUT2D eigenvalue weighted by atomic mass is 19.3. The van der Waals surface area contributed by atoms with E-state index in [1.165, 1.54) is 30.3 Å². The molecule has 32 heavy (non-hydrogen) atoms. The van der Waals surface area contributed by atoms with Gasteiger partial charge in [0.25, 0.3) is 0 Å². The van der Waals surface area contributed by atoms with Gasteiger partial charge in [0.15, 0.2) is 5.65 Å². The number of imidazole rings is 1. The van der Waals surface area contributed by atoms with Gasteiger partial charge in [0.1, 0.15) is 5.69 Å². The molecule has 0 aliphatic carbocycles. The third-order valence-electron chi connectivity index (χ3n) is 4.83. The maximum atomic E-state index is 15.4. The number of aromatic amines is 1. The Labute approximate surface area is 177 Å². The maximum Gasteiger partial charge on any atom is 0.349 e. The molecule has 0 saturated carbocycles. The van der Waals surface area contributed by atoms with Crippen molar-refractivity contribution >= 4 is 22.3 Å². The van der Waals surface area contributed by atoms with E-state index >= 15 is 8.78 Å². The van der Waals surface area contributed by atoms with Crippen LogP contribution in [-0.4, -0.2) is 45.3 Å². The third kappa shape index (κ3) is 3.17. The summed E-state index contributed by atoms with van der Waals surface area (Å²) in [6, 6.07) is 10.5. The van der Waals surface area contributed by atoms with Crippen LogP contribution in [0.1, 0.15) is 24.0 Å². The molecule has 0 aliphatic heterocycles. The van der Waals surface area contributed by atoms with Gasteiger partial charge >= 0.3 is 11.6 Å².